The fourth-order valence-electron chi connectivity index (χ4n) is 4.58. The summed E-state index contributed by atoms with van der Waals surface area (Å²) in [5, 5.41) is 17.8. The Morgan fingerprint density at radius 1 is 0.800 bits per heavy atom. The zero-order chi connectivity index (χ0) is 20.6. The monoisotopic (exact) mass is 400 g/mol. The predicted octanol–water partition coefficient (Wildman–Crippen LogP) is 4.13. The molecule has 1 heterocycles. The van der Waals surface area contributed by atoms with Gasteiger partial charge in [0.1, 0.15) is 0 Å². The van der Waals surface area contributed by atoms with E-state index in [1.54, 1.807) is 0 Å². The van der Waals surface area contributed by atoms with Crippen LogP contribution in [0.15, 0.2) is 91.0 Å². The second-order valence-electron chi connectivity index (χ2n) is 8.34. The summed E-state index contributed by atoms with van der Waals surface area (Å²) in [6.07, 6.45) is 2.57. The normalized spacial score (nSPS) is 20.2. The summed E-state index contributed by atoms with van der Waals surface area (Å²) in [5.74, 6) is 0.358. The quantitative estimate of drug-likeness (QED) is 0.533. The molecule has 0 radical (unpaired) electrons. The fraction of sp³-hybridized carbons (Fsp3) is 0.333. The summed E-state index contributed by atoms with van der Waals surface area (Å²) in [6, 6.07) is 32.7. The maximum absolute atomic E-state index is 10.4. The Bertz CT molecular complexity index is 822. The van der Waals surface area contributed by atoms with Gasteiger partial charge in [0.2, 0.25) is 0 Å². The molecular weight excluding hydrogens is 368 g/mol. The van der Waals surface area contributed by atoms with Gasteiger partial charge in [0.25, 0.3) is 0 Å². The van der Waals surface area contributed by atoms with Crippen LogP contribution in [0.2, 0.25) is 0 Å². The number of nitrogens with one attached hydrogen (secondary N) is 2. The Morgan fingerprint density at radius 3 is 1.90 bits per heavy atom. The molecule has 3 aromatic carbocycles. The van der Waals surface area contributed by atoms with Gasteiger partial charge in [-0.3, -0.25) is 0 Å². The zero-order valence-electron chi connectivity index (χ0n) is 17.5. The molecule has 1 saturated heterocycles. The minimum absolute atomic E-state index is 0.355. The molecule has 2 unspecified atom stereocenters. The van der Waals surface area contributed by atoms with E-state index in [0.717, 1.165) is 19.4 Å². The highest BCUT2D eigenvalue weighted by atomic mass is 16.3. The summed E-state index contributed by atoms with van der Waals surface area (Å²) in [6.45, 7) is 1.56. The van der Waals surface area contributed by atoms with Crippen LogP contribution in [0.3, 0.4) is 0 Å². The summed E-state index contributed by atoms with van der Waals surface area (Å²) >= 11 is 0. The van der Waals surface area contributed by atoms with E-state index >= 15 is 0 Å². The van der Waals surface area contributed by atoms with Crippen molar-refractivity contribution in [1.29, 1.82) is 0 Å². The van der Waals surface area contributed by atoms with E-state index < -0.39 is 0 Å². The Labute approximate surface area is 180 Å². The lowest BCUT2D eigenvalue weighted by atomic mass is 9.81. The molecule has 3 aromatic rings. The SMILES string of the molecule is O[C@H](CNC1CCC(C(c2ccccc2)c2ccccc2)NC1)Cc1ccccc1. The summed E-state index contributed by atoms with van der Waals surface area (Å²) in [7, 11) is 0. The highest BCUT2D eigenvalue weighted by molar-refractivity contribution is 5.34. The molecule has 0 amide bonds. The van der Waals surface area contributed by atoms with Crippen molar-refractivity contribution in [2.45, 2.75) is 43.4 Å². The molecule has 0 bridgehead atoms. The Balaban J connectivity index is 1.32. The first-order valence-electron chi connectivity index (χ1n) is 11.1. The van der Waals surface area contributed by atoms with Crippen LogP contribution >= 0.6 is 0 Å². The maximum atomic E-state index is 10.4. The standard InChI is InChI=1S/C27H32N2O/c30-25(18-21-10-4-1-5-11-21)20-28-24-16-17-26(29-19-24)27(22-12-6-2-7-13-22)23-14-8-3-9-15-23/h1-15,24-30H,16-20H2/t24?,25-,26?/m0/s1. The van der Waals surface area contributed by atoms with Gasteiger partial charge in [0.15, 0.2) is 0 Å². The molecule has 0 aliphatic carbocycles. The molecule has 3 atom stereocenters. The van der Waals surface area contributed by atoms with E-state index in [2.05, 4.69) is 83.4 Å². The lowest BCUT2D eigenvalue weighted by Gasteiger charge is -2.36. The minimum Gasteiger partial charge on any atom is -0.391 e. The number of aliphatic hydroxyl groups is 1. The highest BCUT2D eigenvalue weighted by Crippen LogP contribution is 2.31. The number of benzene rings is 3. The van der Waals surface area contributed by atoms with Gasteiger partial charge < -0.3 is 15.7 Å². The summed E-state index contributed by atoms with van der Waals surface area (Å²) < 4.78 is 0. The van der Waals surface area contributed by atoms with E-state index in [9.17, 15) is 5.11 Å². The van der Waals surface area contributed by atoms with Gasteiger partial charge in [0, 0.05) is 31.1 Å². The molecule has 3 nitrogen and oxygen atoms in total. The molecule has 0 saturated carbocycles. The van der Waals surface area contributed by atoms with E-state index in [-0.39, 0.29) is 6.10 Å². The van der Waals surface area contributed by atoms with Crippen molar-refractivity contribution in [3.63, 3.8) is 0 Å². The Hall–Kier alpha value is -2.46. The fourth-order valence-corrected chi connectivity index (χ4v) is 4.58. The largest absolute Gasteiger partial charge is 0.391 e. The molecule has 1 aliphatic heterocycles. The van der Waals surface area contributed by atoms with Crippen LogP contribution in [0.25, 0.3) is 0 Å². The van der Waals surface area contributed by atoms with Crippen molar-refractivity contribution < 1.29 is 5.11 Å². The number of hydrogen-bond acceptors (Lipinski definition) is 3. The van der Waals surface area contributed by atoms with Crippen molar-refractivity contribution in [3.8, 4) is 0 Å². The first-order valence-corrected chi connectivity index (χ1v) is 11.1. The van der Waals surface area contributed by atoms with Gasteiger partial charge in [-0.15, -0.1) is 0 Å². The summed E-state index contributed by atoms with van der Waals surface area (Å²) in [4.78, 5) is 0. The van der Waals surface area contributed by atoms with Crippen LogP contribution in [0.1, 0.15) is 35.4 Å². The average Bonchev–Trinajstić information content (AvgIpc) is 2.81. The number of rotatable bonds is 8. The third-order valence-corrected chi connectivity index (χ3v) is 6.13. The second kappa shape index (κ2) is 10.5. The molecule has 3 heteroatoms. The van der Waals surface area contributed by atoms with Crippen LogP contribution in [-0.2, 0) is 6.42 Å². The van der Waals surface area contributed by atoms with Gasteiger partial charge in [-0.25, -0.2) is 0 Å². The molecule has 4 rings (SSSR count). The molecule has 0 aromatic heterocycles. The second-order valence-corrected chi connectivity index (χ2v) is 8.34. The smallest absolute Gasteiger partial charge is 0.0704 e. The van der Waals surface area contributed by atoms with Gasteiger partial charge >= 0.3 is 0 Å². The van der Waals surface area contributed by atoms with Crippen molar-refractivity contribution >= 4 is 0 Å². The van der Waals surface area contributed by atoms with Gasteiger partial charge in [-0.05, 0) is 36.0 Å². The first kappa shape index (κ1) is 20.8. The molecule has 3 N–H and O–H groups in total. The maximum Gasteiger partial charge on any atom is 0.0704 e. The predicted molar refractivity (Wildman–Crippen MR) is 124 cm³/mol. The van der Waals surface area contributed by atoms with Crippen molar-refractivity contribution in [1.82, 2.24) is 10.6 Å². The van der Waals surface area contributed by atoms with Crippen LogP contribution in [-0.4, -0.2) is 36.4 Å². The summed E-state index contributed by atoms with van der Waals surface area (Å²) in [5.41, 5.74) is 3.92. The van der Waals surface area contributed by atoms with E-state index in [4.69, 9.17) is 0 Å². The lowest BCUT2D eigenvalue weighted by molar-refractivity contribution is 0.162. The van der Waals surface area contributed by atoms with Crippen LogP contribution in [0, 0.1) is 0 Å². The van der Waals surface area contributed by atoms with E-state index in [0.29, 0.717) is 31.0 Å². The van der Waals surface area contributed by atoms with E-state index in [1.165, 1.54) is 16.7 Å². The van der Waals surface area contributed by atoms with Crippen molar-refractivity contribution in [2.24, 2.45) is 0 Å². The Morgan fingerprint density at radius 2 is 1.37 bits per heavy atom. The third kappa shape index (κ3) is 5.57. The molecular formula is C27H32N2O. The van der Waals surface area contributed by atoms with Crippen LogP contribution in [0.5, 0.6) is 0 Å². The minimum atomic E-state index is -0.355. The van der Waals surface area contributed by atoms with Gasteiger partial charge in [-0.1, -0.05) is 91.0 Å². The first-order chi connectivity index (χ1) is 14.8. The van der Waals surface area contributed by atoms with Crippen molar-refractivity contribution in [3.05, 3.63) is 108 Å². The average molecular weight is 401 g/mol. The van der Waals surface area contributed by atoms with Crippen LogP contribution < -0.4 is 10.6 Å². The zero-order valence-corrected chi connectivity index (χ0v) is 17.5. The molecule has 0 spiro atoms. The third-order valence-electron chi connectivity index (χ3n) is 6.13. The molecule has 1 aliphatic rings. The number of hydrogen-bond donors (Lipinski definition) is 3. The molecule has 1 fully saturated rings. The van der Waals surface area contributed by atoms with Gasteiger partial charge in [-0.2, -0.15) is 0 Å². The number of piperidine rings is 1. The number of aliphatic hydroxyl groups excluding tert-OH is 1. The molecule has 156 valence electrons. The molecule has 30 heavy (non-hydrogen) atoms. The highest BCUT2D eigenvalue weighted by Gasteiger charge is 2.29. The Kier molecular flexibility index (Phi) is 7.30. The lowest BCUT2D eigenvalue weighted by Crippen LogP contribution is -2.51. The topological polar surface area (TPSA) is 44.3 Å². The van der Waals surface area contributed by atoms with Crippen LogP contribution in [0.4, 0.5) is 0 Å². The van der Waals surface area contributed by atoms with E-state index in [1.807, 2.05) is 18.2 Å². The van der Waals surface area contributed by atoms with Gasteiger partial charge in [0.05, 0.1) is 6.10 Å². The van der Waals surface area contributed by atoms with Crippen molar-refractivity contribution in [2.75, 3.05) is 13.1 Å².